The van der Waals surface area contributed by atoms with E-state index in [-0.39, 0.29) is 12.4 Å². The lowest BCUT2D eigenvalue weighted by atomic mass is 10.1. The summed E-state index contributed by atoms with van der Waals surface area (Å²) in [6.07, 6.45) is 0.671. The third kappa shape index (κ3) is 7.02. The van der Waals surface area contributed by atoms with Crippen LogP contribution in [0.3, 0.4) is 0 Å². The molecule has 1 aromatic rings. The SMILES string of the molecule is COCCS(=O)(=O)CC(=O)N(CCN)CCc1ccccc1. The van der Waals surface area contributed by atoms with Crippen molar-refractivity contribution in [2.75, 3.05) is 44.9 Å². The third-order valence-electron chi connectivity index (χ3n) is 3.21. The minimum Gasteiger partial charge on any atom is -0.384 e. The Morgan fingerprint density at radius 2 is 1.91 bits per heavy atom. The first-order valence-corrected chi connectivity index (χ1v) is 9.02. The minimum absolute atomic E-state index is 0.0938. The molecule has 2 N–H and O–H groups in total. The molecule has 1 rings (SSSR count). The Labute approximate surface area is 132 Å². The average Bonchev–Trinajstić information content (AvgIpc) is 2.50. The molecule has 0 saturated carbocycles. The van der Waals surface area contributed by atoms with Crippen LogP contribution in [0.15, 0.2) is 30.3 Å². The Bertz CT molecular complexity index is 546. The van der Waals surface area contributed by atoms with Gasteiger partial charge in [0.15, 0.2) is 9.84 Å². The average molecular weight is 328 g/mol. The highest BCUT2D eigenvalue weighted by molar-refractivity contribution is 7.92. The molecule has 0 aromatic heterocycles. The first-order valence-electron chi connectivity index (χ1n) is 7.19. The number of sulfone groups is 1. The van der Waals surface area contributed by atoms with Crippen molar-refractivity contribution in [1.29, 1.82) is 0 Å². The summed E-state index contributed by atoms with van der Waals surface area (Å²) in [5.74, 6) is -1.05. The van der Waals surface area contributed by atoms with E-state index < -0.39 is 21.5 Å². The highest BCUT2D eigenvalue weighted by Gasteiger charge is 2.21. The summed E-state index contributed by atoms with van der Waals surface area (Å²) in [7, 11) is -2.02. The van der Waals surface area contributed by atoms with Gasteiger partial charge in [0.25, 0.3) is 0 Å². The zero-order chi connectivity index (χ0) is 16.4. The van der Waals surface area contributed by atoms with Gasteiger partial charge in [-0.15, -0.1) is 0 Å². The Kier molecular flexibility index (Phi) is 8.08. The van der Waals surface area contributed by atoms with Crippen LogP contribution in [0.5, 0.6) is 0 Å². The third-order valence-corrected chi connectivity index (χ3v) is 4.68. The van der Waals surface area contributed by atoms with Crippen molar-refractivity contribution >= 4 is 15.7 Å². The number of benzene rings is 1. The van der Waals surface area contributed by atoms with Crippen LogP contribution in [0.25, 0.3) is 0 Å². The molecule has 0 aliphatic heterocycles. The van der Waals surface area contributed by atoms with Gasteiger partial charge in [-0.3, -0.25) is 4.79 Å². The first kappa shape index (κ1) is 18.6. The number of hydrogen-bond donors (Lipinski definition) is 1. The van der Waals surface area contributed by atoms with E-state index >= 15 is 0 Å². The topological polar surface area (TPSA) is 89.7 Å². The summed E-state index contributed by atoms with van der Waals surface area (Å²) in [6.45, 7) is 1.21. The lowest BCUT2D eigenvalue weighted by molar-refractivity contribution is -0.128. The smallest absolute Gasteiger partial charge is 0.237 e. The molecule has 22 heavy (non-hydrogen) atoms. The van der Waals surface area contributed by atoms with Crippen LogP contribution in [0.1, 0.15) is 5.56 Å². The minimum atomic E-state index is -3.45. The molecule has 0 aliphatic rings. The van der Waals surface area contributed by atoms with Gasteiger partial charge in [0, 0.05) is 26.7 Å². The molecule has 0 spiro atoms. The molecule has 7 heteroatoms. The van der Waals surface area contributed by atoms with Gasteiger partial charge < -0.3 is 15.4 Å². The molecular weight excluding hydrogens is 304 g/mol. The predicted octanol–water partition coefficient (Wildman–Crippen LogP) is 0.0776. The molecule has 124 valence electrons. The number of nitrogens with zero attached hydrogens (tertiary/aromatic N) is 1. The summed E-state index contributed by atoms with van der Waals surface area (Å²) in [5.41, 5.74) is 6.61. The van der Waals surface area contributed by atoms with Gasteiger partial charge in [-0.2, -0.15) is 0 Å². The lowest BCUT2D eigenvalue weighted by Crippen LogP contribution is -2.40. The van der Waals surface area contributed by atoms with Crippen LogP contribution < -0.4 is 5.73 Å². The number of ether oxygens (including phenoxy) is 1. The maximum absolute atomic E-state index is 12.2. The summed E-state index contributed by atoms with van der Waals surface area (Å²) in [4.78, 5) is 13.7. The van der Waals surface area contributed by atoms with Gasteiger partial charge in [0.1, 0.15) is 5.75 Å². The van der Waals surface area contributed by atoms with E-state index in [4.69, 9.17) is 10.5 Å². The van der Waals surface area contributed by atoms with E-state index in [1.807, 2.05) is 30.3 Å². The standard InChI is InChI=1S/C15H24N2O4S/c1-21-11-12-22(19,20)13-15(18)17(10-8-16)9-7-14-5-3-2-4-6-14/h2-6H,7-13,16H2,1H3. The van der Waals surface area contributed by atoms with E-state index in [1.165, 1.54) is 12.0 Å². The maximum Gasteiger partial charge on any atom is 0.237 e. The predicted molar refractivity (Wildman–Crippen MR) is 86.3 cm³/mol. The number of methoxy groups -OCH3 is 1. The monoisotopic (exact) mass is 328 g/mol. The Balaban J connectivity index is 2.59. The van der Waals surface area contributed by atoms with E-state index in [1.54, 1.807) is 0 Å². The molecule has 1 amide bonds. The van der Waals surface area contributed by atoms with Crippen molar-refractivity contribution in [3.05, 3.63) is 35.9 Å². The fourth-order valence-corrected chi connectivity index (χ4v) is 3.11. The lowest BCUT2D eigenvalue weighted by Gasteiger charge is -2.22. The molecule has 0 heterocycles. The van der Waals surface area contributed by atoms with Gasteiger partial charge in [-0.1, -0.05) is 30.3 Å². The van der Waals surface area contributed by atoms with Crippen molar-refractivity contribution in [3.8, 4) is 0 Å². The molecule has 0 radical (unpaired) electrons. The van der Waals surface area contributed by atoms with Crippen molar-refractivity contribution in [3.63, 3.8) is 0 Å². The second-order valence-electron chi connectivity index (χ2n) is 4.99. The largest absolute Gasteiger partial charge is 0.384 e. The van der Waals surface area contributed by atoms with Gasteiger partial charge in [0.05, 0.1) is 12.4 Å². The van der Waals surface area contributed by atoms with Crippen molar-refractivity contribution in [2.45, 2.75) is 6.42 Å². The first-order chi connectivity index (χ1) is 10.5. The zero-order valence-electron chi connectivity index (χ0n) is 12.9. The highest BCUT2D eigenvalue weighted by Crippen LogP contribution is 2.03. The molecule has 0 bridgehead atoms. The van der Waals surface area contributed by atoms with Crippen LogP contribution in [-0.2, 0) is 25.8 Å². The van der Waals surface area contributed by atoms with Crippen LogP contribution in [0.2, 0.25) is 0 Å². The van der Waals surface area contributed by atoms with E-state index in [0.717, 1.165) is 5.56 Å². The Hall–Kier alpha value is -1.44. The van der Waals surface area contributed by atoms with Crippen LogP contribution >= 0.6 is 0 Å². The van der Waals surface area contributed by atoms with Crippen LogP contribution in [0.4, 0.5) is 0 Å². The molecule has 0 saturated heterocycles. The van der Waals surface area contributed by atoms with E-state index in [2.05, 4.69) is 0 Å². The maximum atomic E-state index is 12.2. The normalized spacial score (nSPS) is 11.4. The highest BCUT2D eigenvalue weighted by atomic mass is 32.2. The second-order valence-corrected chi connectivity index (χ2v) is 7.17. The zero-order valence-corrected chi connectivity index (χ0v) is 13.7. The van der Waals surface area contributed by atoms with Crippen molar-refractivity contribution < 1.29 is 17.9 Å². The number of rotatable bonds is 10. The molecular formula is C15H24N2O4S. The number of amides is 1. The van der Waals surface area contributed by atoms with E-state index in [0.29, 0.717) is 26.1 Å². The molecule has 0 unspecified atom stereocenters. The number of carbonyl (C=O) groups excluding carboxylic acids is 1. The van der Waals surface area contributed by atoms with Crippen molar-refractivity contribution in [1.82, 2.24) is 4.90 Å². The van der Waals surface area contributed by atoms with Gasteiger partial charge >= 0.3 is 0 Å². The molecule has 0 atom stereocenters. The van der Waals surface area contributed by atoms with Crippen molar-refractivity contribution in [2.24, 2.45) is 5.73 Å². The van der Waals surface area contributed by atoms with Gasteiger partial charge in [-0.05, 0) is 12.0 Å². The van der Waals surface area contributed by atoms with Gasteiger partial charge in [0.2, 0.25) is 5.91 Å². The fraction of sp³-hybridized carbons (Fsp3) is 0.533. The molecule has 0 aliphatic carbocycles. The second kappa shape index (κ2) is 9.55. The molecule has 1 aromatic carbocycles. The summed E-state index contributed by atoms with van der Waals surface area (Å²) in [5, 5.41) is 0. The quantitative estimate of drug-likeness (QED) is 0.657. The van der Waals surface area contributed by atoms with Crippen LogP contribution in [-0.4, -0.2) is 64.1 Å². The summed E-state index contributed by atoms with van der Waals surface area (Å²) < 4.78 is 28.4. The number of hydrogen-bond acceptors (Lipinski definition) is 5. The molecule has 0 fully saturated rings. The Morgan fingerprint density at radius 3 is 2.50 bits per heavy atom. The Morgan fingerprint density at radius 1 is 1.23 bits per heavy atom. The number of nitrogens with two attached hydrogens (primary N) is 1. The van der Waals surface area contributed by atoms with E-state index in [9.17, 15) is 13.2 Å². The number of carbonyl (C=O) groups is 1. The molecule has 6 nitrogen and oxygen atoms in total. The van der Waals surface area contributed by atoms with Crippen LogP contribution in [0, 0.1) is 0 Å². The summed E-state index contributed by atoms with van der Waals surface area (Å²) in [6, 6.07) is 9.73. The summed E-state index contributed by atoms with van der Waals surface area (Å²) >= 11 is 0. The fourth-order valence-electron chi connectivity index (χ4n) is 1.99. The van der Waals surface area contributed by atoms with Gasteiger partial charge in [-0.25, -0.2) is 8.42 Å².